The van der Waals surface area contributed by atoms with E-state index in [-0.39, 0.29) is 23.2 Å². The number of hydrogen-bond acceptors (Lipinski definition) is 7. The summed E-state index contributed by atoms with van der Waals surface area (Å²) >= 11 is 1.44. The molecule has 4 heterocycles. The van der Waals surface area contributed by atoms with E-state index in [1.165, 1.54) is 35.9 Å². The van der Waals surface area contributed by atoms with Crippen LogP contribution in [0.2, 0.25) is 0 Å². The molecule has 41 heavy (non-hydrogen) atoms. The summed E-state index contributed by atoms with van der Waals surface area (Å²) in [6.45, 7) is 7.37. The van der Waals surface area contributed by atoms with Crippen LogP contribution in [-0.4, -0.2) is 30.3 Å². The summed E-state index contributed by atoms with van der Waals surface area (Å²) in [6, 6.07) is 11.9. The normalized spacial score (nSPS) is 12.5. The maximum absolute atomic E-state index is 15.0. The summed E-state index contributed by atoms with van der Waals surface area (Å²) in [7, 11) is 0. The number of rotatable bonds is 6. The largest absolute Gasteiger partial charge is 0.488 e. The minimum absolute atomic E-state index is 0.129. The number of nitrogens with two attached hydrogens (primary N) is 1. The van der Waals surface area contributed by atoms with E-state index >= 15 is 4.39 Å². The molecule has 0 fully saturated rings. The highest BCUT2D eigenvalue weighted by Crippen LogP contribution is 2.37. The molecule has 0 radical (unpaired) electrons. The SMILES string of the molecule is Cc1csc2cc(C(C)n3nc(-c4ccc(OC(C)C)c(F)c4)c4c(N)ncnc43)c(-c3cccc(F)c3)c(=O)n12. The molecule has 6 rings (SSSR count). The average molecular weight is 573 g/mol. The van der Waals surface area contributed by atoms with E-state index in [1.807, 2.05) is 39.1 Å². The van der Waals surface area contributed by atoms with E-state index < -0.39 is 17.7 Å². The Hall–Kier alpha value is -4.64. The number of nitrogens with zero attached hydrogens (tertiary/aromatic N) is 5. The average Bonchev–Trinajstić information content (AvgIpc) is 3.51. The van der Waals surface area contributed by atoms with Crippen molar-refractivity contribution >= 4 is 33.0 Å². The Morgan fingerprint density at radius 3 is 2.56 bits per heavy atom. The van der Waals surface area contributed by atoms with Crippen molar-refractivity contribution in [1.82, 2.24) is 24.1 Å². The van der Waals surface area contributed by atoms with Gasteiger partial charge in [-0.3, -0.25) is 9.20 Å². The van der Waals surface area contributed by atoms with Gasteiger partial charge in [0, 0.05) is 16.6 Å². The van der Waals surface area contributed by atoms with Crippen LogP contribution in [-0.2, 0) is 0 Å². The summed E-state index contributed by atoms with van der Waals surface area (Å²) in [5, 5.41) is 7.19. The Kier molecular flexibility index (Phi) is 6.53. The van der Waals surface area contributed by atoms with Gasteiger partial charge in [-0.2, -0.15) is 5.10 Å². The molecule has 0 aliphatic heterocycles. The third-order valence-electron chi connectivity index (χ3n) is 6.92. The van der Waals surface area contributed by atoms with Crippen molar-refractivity contribution in [2.45, 2.75) is 39.8 Å². The number of nitrogen functional groups attached to an aromatic ring is 1. The first-order valence-corrected chi connectivity index (χ1v) is 13.9. The summed E-state index contributed by atoms with van der Waals surface area (Å²) in [5.74, 6) is -0.680. The van der Waals surface area contributed by atoms with Gasteiger partial charge in [0.05, 0.1) is 23.1 Å². The van der Waals surface area contributed by atoms with Crippen molar-refractivity contribution < 1.29 is 13.5 Å². The molecule has 2 N–H and O–H groups in total. The van der Waals surface area contributed by atoms with Crippen molar-refractivity contribution in [3.05, 3.63) is 93.5 Å². The maximum atomic E-state index is 15.0. The van der Waals surface area contributed by atoms with E-state index in [2.05, 4.69) is 9.97 Å². The van der Waals surface area contributed by atoms with E-state index in [4.69, 9.17) is 15.6 Å². The zero-order valence-corrected chi connectivity index (χ0v) is 23.5. The number of ether oxygens (including phenoxy) is 1. The molecule has 0 aliphatic rings. The molecule has 0 spiro atoms. The van der Waals surface area contributed by atoms with Crippen LogP contribution in [0.25, 0.3) is 38.2 Å². The van der Waals surface area contributed by atoms with Crippen LogP contribution in [0.3, 0.4) is 0 Å². The second-order valence-corrected chi connectivity index (χ2v) is 11.0. The molecule has 11 heteroatoms. The second kappa shape index (κ2) is 10.1. The lowest BCUT2D eigenvalue weighted by Gasteiger charge is -2.18. The predicted octanol–water partition coefficient (Wildman–Crippen LogP) is 6.40. The van der Waals surface area contributed by atoms with Gasteiger partial charge >= 0.3 is 0 Å². The van der Waals surface area contributed by atoms with Crippen LogP contribution in [0.4, 0.5) is 14.6 Å². The minimum Gasteiger partial charge on any atom is -0.488 e. The number of pyridine rings is 1. The molecule has 4 aromatic heterocycles. The second-order valence-electron chi connectivity index (χ2n) is 10.1. The molecule has 6 aromatic rings. The van der Waals surface area contributed by atoms with Crippen LogP contribution in [0.5, 0.6) is 5.75 Å². The van der Waals surface area contributed by atoms with Gasteiger partial charge in [0.1, 0.15) is 28.5 Å². The molecule has 8 nitrogen and oxygen atoms in total. The lowest BCUT2D eigenvalue weighted by atomic mass is 9.97. The van der Waals surface area contributed by atoms with Gasteiger partial charge in [-0.05, 0) is 75.2 Å². The fourth-order valence-electron chi connectivity index (χ4n) is 5.08. The Balaban J connectivity index is 1.59. The zero-order valence-electron chi connectivity index (χ0n) is 22.7. The van der Waals surface area contributed by atoms with Crippen molar-refractivity contribution in [2.75, 3.05) is 5.73 Å². The first-order valence-electron chi connectivity index (χ1n) is 13.0. The minimum atomic E-state index is -0.549. The third kappa shape index (κ3) is 4.51. The Morgan fingerprint density at radius 2 is 1.83 bits per heavy atom. The first kappa shape index (κ1) is 26.6. The Labute approximate surface area is 237 Å². The standard InChI is InChI=1S/C30H26F2N6O2S/c1-15(2)40-23-9-8-19(11-22(23)32)27-26-28(33)34-14-35-29(26)38(36-27)17(4)21-12-24-37(16(3)13-41-24)30(39)25(21)18-6-5-7-20(31)10-18/h5-15,17H,1-4H3,(H2,33,34,35). The molecule has 2 aromatic carbocycles. The van der Waals surface area contributed by atoms with Gasteiger partial charge < -0.3 is 10.5 Å². The first-order chi connectivity index (χ1) is 19.6. The van der Waals surface area contributed by atoms with E-state index in [9.17, 15) is 9.18 Å². The van der Waals surface area contributed by atoms with Crippen molar-refractivity contribution in [3.63, 3.8) is 0 Å². The van der Waals surface area contributed by atoms with Crippen LogP contribution in [0.1, 0.15) is 38.1 Å². The van der Waals surface area contributed by atoms with Crippen LogP contribution in [0.15, 0.2) is 65.0 Å². The maximum Gasteiger partial charge on any atom is 0.264 e. The number of aryl methyl sites for hydroxylation is 1. The van der Waals surface area contributed by atoms with Gasteiger partial charge in [0.25, 0.3) is 5.56 Å². The van der Waals surface area contributed by atoms with E-state index in [0.29, 0.717) is 39.0 Å². The molecule has 208 valence electrons. The van der Waals surface area contributed by atoms with Crippen LogP contribution >= 0.6 is 11.3 Å². The van der Waals surface area contributed by atoms with Gasteiger partial charge in [-0.1, -0.05) is 12.1 Å². The van der Waals surface area contributed by atoms with Crippen LogP contribution in [0, 0.1) is 18.6 Å². The van der Waals surface area contributed by atoms with E-state index in [0.717, 1.165) is 10.5 Å². The number of fused-ring (bicyclic) bond motifs is 2. The smallest absolute Gasteiger partial charge is 0.264 e. The van der Waals surface area contributed by atoms with Crippen LogP contribution < -0.4 is 16.0 Å². The van der Waals surface area contributed by atoms with Gasteiger partial charge in [-0.25, -0.2) is 23.4 Å². The number of benzene rings is 2. The molecular formula is C30H26F2N6O2S. The van der Waals surface area contributed by atoms with Gasteiger partial charge in [0.2, 0.25) is 0 Å². The van der Waals surface area contributed by atoms with Gasteiger partial charge in [-0.15, -0.1) is 11.3 Å². The Bertz CT molecular complexity index is 2010. The fourth-order valence-corrected chi connectivity index (χ4v) is 6.01. The monoisotopic (exact) mass is 572 g/mol. The lowest BCUT2D eigenvalue weighted by molar-refractivity contribution is 0.231. The van der Waals surface area contributed by atoms with Crippen molar-refractivity contribution in [2.24, 2.45) is 0 Å². The molecule has 1 atom stereocenters. The number of thiazole rings is 1. The summed E-state index contributed by atoms with van der Waals surface area (Å²) in [5.41, 5.74) is 9.52. The molecule has 1 unspecified atom stereocenters. The highest BCUT2D eigenvalue weighted by molar-refractivity contribution is 7.15. The topological polar surface area (TPSA) is 100 Å². The van der Waals surface area contributed by atoms with Crippen molar-refractivity contribution in [1.29, 1.82) is 0 Å². The zero-order chi connectivity index (χ0) is 29.0. The molecule has 0 saturated heterocycles. The molecule has 0 aliphatic carbocycles. The number of anilines is 1. The molecular weight excluding hydrogens is 546 g/mol. The number of hydrogen-bond donors (Lipinski definition) is 1. The number of halogens is 2. The molecule has 0 saturated carbocycles. The van der Waals surface area contributed by atoms with Gasteiger partial charge in [0.15, 0.2) is 17.2 Å². The van der Waals surface area contributed by atoms with E-state index in [1.54, 1.807) is 33.3 Å². The molecule has 0 amide bonds. The third-order valence-corrected chi connectivity index (χ3v) is 7.93. The summed E-state index contributed by atoms with van der Waals surface area (Å²) < 4.78 is 38.2. The number of aromatic nitrogens is 5. The summed E-state index contributed by atoms with van der Waals surface area (Å²) in [4.78, 5) is 23.2. The Morgan fingerprint density at radius 1 is 1.02 bits per heavy atom. The summed E-state index contributed by atoms with van der Waals surface area (Å²) in [6.07, 6.45) is 1.14. The quantitative estimate of drug-likeness (QED) is 0.248. The fraction of sp³-hybridized carbons (Fsp3) is 0.200. The highest BCUT2D eigenvalue weighted by Gasteiger charge is 2.26. The highest BCUT2D eigenvalue weighted by atomic mass is 32.1. The molecule has 0 bridgehead atoms. The predicted molar refractivity (Wildman–Crippen MR) is 156 cm³/mol. The lowest BCUT2D eigenvalue weighted by Crippen LogP contribution is -2.21. The van der Waals surface area contributed by atoms with Crippen molar-refractivity contribution in [3.8, 4) is 28.1 Å².